The van der Waals surface area contributed by atoms with Crippen molar-refractivity contribution in [3.63, 3.8) is 0 Å². The first-order valence-electron chi connectivity index (χ1n) is 8.18. The van der Waals surface area contributed by atoms with Crippen molar-refractivity contribution in [1.82, 2.24) is 14.4 Å². The third kappa shape index (κ3) is 3.48. The minimum atomic E-state index is -0.526. The third-order valence-corrected chi connectivity index (χ3v) is 6.06. The van der Waals surface area contributed by atoms with Crippen LogP contribution in [0.4, 0.5) is 5.82 Å². The molecule has 1 amide bonds. The lowest BCUT2D eigenvalue weighted by atomic mass is 10.3. The number of imidazole rings is 1. The molecule has 0 saturated heterocycles. The summed E-state index contributed by atoms with van der Waals surface area (Å²) >= 11 is 10.6. The molecule has 0 aliphatic rings. The number of carbonyl (C=O) groups excluding carboxylic acids is 1. The number of pyridine rings is 2. The number of fused-ring (bicyclic) bond motifs is 1. The predicted molar refractivity (Wildman–Crippen MR) is 108 cm³/mol. The number of thiazole rings is 1. The quantitative estimate of drug-likeness (QED) is 0.457. The van der Waals surface area contributed by atoms with Crippen LogP contribution in [0.15, 0.2) is 47.2 Å². The molecule has 4 rings (SSSR count). The molecular weight excluding hydrogens is 466 g/mol. The lowest BCUT2D eigenvalue weighted by Crippen LogP contribution is -2.36. The van der Waals surface area contributed by atoms with Crippen molar-refractivity contribution in [2.75, 3.05) is 5.32 Å². The molecular formula is C18H13BrClN5O2S. The highest BCUT2D eigenvalue weighted by Gasteiger charge is 2.26. The number of anilines is 1. The Morgan fingerprint density at radius 3 is 2.93 bits per heavy atom. The van der Waals surface area contributed by atoms with Crippen molar-refractivity contribution < 1.29 is 14.5 Å². The predicted octanol–water partition coefficient (Wildman–Crippen LogP) is 3.18. The maximum absolute atomic E-state index is 13.1. The van der Waals surface area contributed by atoms with E-state index in [2.05, 4.69) is 31.2 Å². The molecule has 0 bridgehead atoms. The van der Waals surface area contributed by atoms with Crippen LogP contribution in [0.1, 0.15) is 21.1 Å². The topological polar surface area (TPSA) is 86.2 Å². The molecule has 10 heteroatoms. The number of aryl methyl sites for hydroxylation is 1. The maximum atomic E-state index is 13.1. The number of nitrogens with one attached hydrogen (secondary N) is 1. The summed E-state index contributed by atoms with van der Waals surface area (Å²) in [5.41, 5.74) is 1.34. The molecule has 4 aromatic rings. The van der Waals surface area contributed by atoms with Crippen molar-refractivity contribution in [1.29, 1.82) is 0 Å². The Morgan fingerprint density at radius 2 is 2.21 bits per heavy atom. The van der Waals surface area contributed by atoms with Crippen molar-refractivity contribution in [3.8, 4) is 5.88 Å². The smallest absolute Gasteiger partial charge is 0.300 e. The number of hydrogen-bond donors (Lipinski definition) is 1. The Kier molecular flexibility index (Phi) is 5.05. The summed E-state index contributed by atoms with van der Waals surface area (Å²) in [5, 5.41) is 15.8. The van der Waals surface area contributed by atoms with Gasteiger partial charge in [-0.1, -0.05) is 17.7 Å². The fraction of sp³-hybridized carbons (Fsp3) is 0.111. The first-order valence-corrected chi connectivity index (χ1v) is 10.2. The average molecular weight is 479 g/mol. The van der Waals surface area contributed by atoms with E-state index in [1.54, 1.807) is 41.1 Å². The number of hydrogen-bond acceptors (Lipinski definition) is 5. The van der Waals surface area contributed by atoms with Crippen molar-refractivity contribution in [3.05, 3.63) is 67.9 Å². The Hall–Kier alpha value is -2.49. The molecule has 0 aliphatic heterocycles. The largest absolute Gasteiger partial charge is 0.839 e. The van der Waals surface area contributed by atoms with Gasteiger partial charge in [0.05, 0.1) is 16.8 Å². The molecule has 0 aliphatic carbocycles. The van der Waals surface area contributed by atoms with Crippen LogP contribution in [0.25, 0.3) is 5.65 Å². The van der Waals surface area contributed by atoms with E-state index in [0.29, 0.717) is 15.9 Å². The Labute approximate surface area is 177 Å². The molecule has 28 heavy (non-hydrogen) atoms. The molecule has 0 spiro atoms. The first-order chi connectivity index (χ1) is 13.4. The zero-order chi connectivity index (χ0) is 19.8. The fourth-order valence-corrected chi connectivity index (χ4v) is 4.03. The molecule has 0 saturated carbocycles. The van der Waals surface area contributed by atoms with E-state index in [4.69, 9.17) is 11.6 Å². The second kappa shape index (κ2) is 7.50. The monoisotopic (exact) mass is 477 g/mol. The SMILES string of the molecule is Cc1nc(NC(=O)c2c([O-])[n+](Cc3cnc(Cl)s3)c3ccccn23)ccc1Br. The van der Waals surface area contributed by atoms with Crippen LogP contribution in [-0.2, 0) is 6.54 Å². The van der Waals surface area contributed by atoms with Gasteiger partial charge in [0.2, 0.25) is 5.69 Å². The second-order valence-corrected chi connectivity index (χ2v) is 8.52. The van der Waals surface area contributed by atoms with E-state index >= 15 is 0 Å². The van der Waals surface area contributed by atoms with Gasteiger partial charge in [-0.05, 0) is 41.1 Å². The summed E-state index contributed by atoms with van der Waals surface area (Å²) in [7, 11) is 0. The van der Waals surface area contributed by atoms with E-state index in [9.17, 15) is 9.90 Å². The summed E-state index contributed by atoms with van der Waals surface area (Å²) in [5.74, 6) is -0.555. The molecule has 0 fully saturated rings. The molecule has 0 radical (unpaired) electrons. The zero-order valence-electron chi connectivity index (χ0n) is 14.5. The summed E-state index contributed by atoms with van der Waals surface area (Å²) in [6.07, 6.45) is 3.31. The van der Waals surface area contributed by atoms with Gasteiger partial charge in [-0.15, -0.1) is 11.3 Å². The number of amides is 1. The van der Waals surface area contributed by atoms with Crippen LogP contribution in [0.5, 0.6) is 5.88 Å². The van der Waals surface area contributed by atoms with Gasteiger partial charge in [0, 0.05) is 16.7 Å². The van der Waals surface area contributed by atoms with Crippen LogP contribution in [-0.4, -0.2) is 20.3 Å². The van der Waals surface area contributed by atoms with Crippen LogP contribution in [0.3, 0.4) is 0 Å². The van der Waals surface area contributed by atoms with E-state index in [-0.39, 0.29) is 12.2 Å². The minimum absolute atomic E-state index is 0.00795. The van der Waals surface area contributed by atoms with Gasteiger partial charge in [-0.2, -0.15) is 4.40 Å². The minimum Gasteiger partial charge on any atom is -0.839 e. The van der Waals surface area contributed by atoms with E-state index < -0.39 is 11.8 Å². The van der Waals surface area contributed by atoms with Crippen LogP contribution < -0.4 is 15.0 Å². The van der Waals surface area contributed by atoms with Crippen molar-refractivity contribution in [2.45, 2.75) is 13.5 Å². The Balaban J connectivity index is 1.75. The van der Waals surface area contributed by atoms with Crippen molar-refractivity contribution in [2.24, 2.45) is 0 Å². The highest BCUT2D eigenvalue weighted by atomic mass is 79.9. The molecule has 4 heterocycles. The Bertz CT molecular complexity index is 1210. The lowest BCUT2D eigenvalue weighted by Gasteiger charge is -2.07. The van der Waals surface area contributed by atoms with E-state index in [1.165, 1.54) is 15.9 Å². The van der Waals surface area contributed by atoms with E-state index in [0.717, 1.165) is 15.0 Å². The summed E-state index contributed by atoms with van der Waals surface area (Å²) < 4.78 is 4.34. The van der Waals surface area contributed by atoms with Gasteiger partial charge in [-0.3, -0.25) is 4.79 Å². The molecule has 0 aromatic carbocycles. The molecule has 7 nitrogen and oxygen atoms in total. The van der Waals surface area contributed by atoms with Gasteiger partial charge in [0.1, 0.15) is 18.2 Å². The van der Waals surface area contributed by atoms with Crippen LogP contribution in [0, 0.1) is 6.92 Å². The van der Waals surface area contributed by atoms with Gasteiger partial charge >= 0.3 is 0 Å². The van der Waals surface area contributed by atoms with Crippen molar-refractivity contribution >= 4 is 56.2 Å². The summed E-state index contributed by atoms with van der Waals surface area (Å²) in [4.78, 5) is 22.0. The zero-order valence-corrected chi connectivity index (χ0v) is 17.7. The molecule has 1 N–H and O–H groups in total. The number of halogens is 2. The van der Waals surface area contributed by atoms with Gasteiger partial charge in [0.25, 0.3) is 11.6 Å². The highest BCUT2D eigenvalue weighted by molar-refractivity contribution is 9.10. The number of rotatable bonds is 4. The molecule has 0 unspecified atom stereocenters. The van der Waals surface area contributed by atoms with Gasteiger partial charge < -0.3 is 10.4 Å². The summed E-state index contributed by atoms with van der Waals surface area (Å²) in [6, 6.07) is 8.82. The van der Waals surface area contributed by atoms with Crippen LogP contribution in [0.2, 0.25) is 4.47 Å². The van der Waals surface area contributed by atoms with E-state index in [1.807, 2.05) is 13.0 Å². The number of nitrogens with zero attached hydrogens (tertiary/aromatic N) is 4. The highest BCUT2D eigenvalue weighted by Crippen LogP contribution is 2.22. The molecule has 4 aromatic heterocycles. The number of aromatic nitrogens is 4. The average Bonchev–Trinajstić information content (AvgIpc) is 3.20. The Morgan fingerprint density at radius 1 is 1.39 bits per heavy atom. The molecule has 142 valence electrons. The number of carbonyl (C=O) groups is 1. The van der Waals surface area contributed by atoms with Crippen LogP contribution >= 0.6 is 38.9 Å². The first kappa shape index (κ1) is 18.9. The lowest BCUT2D eigenvalue weighted by molar-refractivity contribution is -0.704. The standard InChI is InChI=1S/C18H13BrClN5O2S/c1-10-12(19)5-6-13(22-10)23-16(26)15-17(27)25(9-11-8-21-18(20)28-11)14-4-2-3-7-24(14)15/h2-8H,9H2,1H3,(H-,22,23,26,27). The van der Waals surface area contributed by atoms with Gasteiger partial charge in [-0.25, -0.2) is 14.5 Å². The normalized spacial score (nSPS) is 11.1. The maximum Gasteiger partial charge on any atom is 0.300 e. The third-order valence-electron chi connectivity index (χ3n) is 4.12. The molecule has 0 atom stereocenters. The van der Waals surface area contributed by atoms with Gasteiger partial charge in [0.15, 0.2) is 4.47 Å². The second-order valence-electron chi connectivity index (χ2n) is 5.97. The fourth-order valence-electron chi connectivity index (χ4n) is 2.84. The summed E-state index contributed by atoms with van der Waals surface area (Å²) in [6.45, 7) is 2.10.